The Hall–Kier alpha value is -2.88. The van der Waals surface area contributed by atoms with Crippen LogP contribution >= 0.6 is 0 Å². The minimum Gasteiger partial charge on any atom is -0.390 e. The van der Waals surface area contributed by atoms with Crippen molar-refractivity contribution in [1.82, 2.24) is 14.7 Å². The standard InChI is InChI=1S/C26H33N5O3S/c1-20-26(35(33,34)31-13-12-22-8-6-7-11-25(22)31)21(2)30(27-20)19-24(32)18-28-14-16-29(17-15-28)23-9-4-3-5-10-23/h3-11,24,32H,12-19H2,1-2H3/t24-/m0/s1. The van der Waals surface area contributed by atoms with Gasteiger partial charge in [-0.15, -0.1) is 0 Å². The van der Waals surface area contributed by atoms with E-state index in [9.17, 15) is 13.5 Å². The number of rotatable bonds is 7. The molecule has 1 atom stereocenters. The van der Waals surface area contributed by atoms with Crippen LogP contribution in [0.15, 0.2) is 59.5 Å². The van der Waals surface area contributed by atoms with E-state index in [2.05, 4.69) is 39.2 Å². The zero-order valence-electron chi connectivity index (χ0n) is 20.3. The van der Waals surface area contributed by atoms with Gasteiger partial charge in [0, 0.05) is 45.0 Å². The van der Waals surface area contributed by atoms with Gasteiger partial charge in [0.15, 0.2) is 0 Å². The number of aryl methyl sites for hydroxylation is 1. The van der Waals surface area contributed by atoms with Crippen LogP contribution in [0.4, 0.5) is 11.4 Å². The van der Waals surface area contributed by atoms with Crippen LogP contribution in [0.3, 0.4) is 0 Å². The maximum Gasteiger partial charge on any atom is 0.268 e. The topological polar surface area (TPSA) is 81.9 Å². The predicted molar refractivity (Wildman–Crippen MR) is 137 cm³/mol. The molecule has 1 N–H and O–H groups in total. The molecular formula is C26H33N5O3S. The molecule has 0 bridgehead atoms. The van der Waals surface area contributed by atoms with Gasteiger partial charge in [-0.2, -0.15) is 5.10 Å². The number of sulfonamides is 1. The van der Waals surface area contributed by atoms with Crippen LogP contribution in [0.1, 0.15) is 17.0 Å². The Morgan fingerprint density at radius 1 is 0.914 bits per heavy atom. The molecule has 2 aliphatic heterocycles. The van der Waals surface area contributed by atoms with Crippen molar-refractivity contribution in [2.24, 2.45) is 0 Å². The van der Waals surface area contributed by atoms with Crippen molar-refractivity contribution in [3.8, 4) is 0 Å². The van der Waals surface area contributed by atoms with E-state index in [-0.39, 0.29) is 11.4 Å². The Balaban J connectivity index is 1.24. The van der Waals surface area contributed by atoms with Gasteiger partial charge in [0.1, 0.15) is 4.90 Å². The smallest absolute Gasteiger partial charge is 0.268 e. The number of fused-ring (bicyclic) bond motifs is 1. The Labute approximate surface area is 207 Å². The van der Waals surface area contributed by atoms with Crippen molar-refractivity contribution in [2.45, 2.75) is 37.8 Å². The molecule has 186 valence electrons. The minimum absolute atomic E-state index is 0.248. The van der Waals surface area contributed by atoms with Crippen molar-refractivity contribution in [3.63, 3.8) is 0 Å². The van der Waals surface area contributed by atoms with E-state index in [1.165, 1.54) is 9.99 Å². The summed E-state index contributed by atoms with van der Waals surface area (Å²) in [4.78, 5) is 4.87. The fourth-order valence-corrected chi connectivity index (χ4v) is 7.16. The van der Waals surface area contributed by atoms with Crippen molar-refractivity contribution in [2.75, 3.05) is 48.5 Å². The summed E-state index contributed by atoms with van der Waals surface area (Å²) in [5, 5.41) is 15.3. The minimum atomic E-state index is -3.74. The van der Waals surface area contributed by atoms with Gasteiger partial charge in [0.25, 0.3) is 10.0 Å². The number of benzene rings is 2. The summed E-state index contributed by atoms with van der Waals surface area (Å²) in [6.45, 7) is 8.30. The van der Waals surface area contributed by atoms with Gasteiger partial charge in [-0.25, -0.2) is 8.42 Å². The van der Waals surface area contributed by atoms with Crippen LogP contribution in [0.25, 0.3) is 0 Å². The molecule has 3 heterocycles. The second kappa shape index (κ2) is 9.64. The van der Waals surface area contributed by atoms with E-state index >= 15 is 0 Å². The Morgan fingerprint density at radius 2 is 1.60 bits per heavy atom. The molecule has 1 saturated heterocycles. The highest BCUT2D eigenvalue weighted by atomic mass is 32.2. The van der Waals surface area contributed by atoms with E-state index in [4.69, 9.17) is 0 Å². The third-order valence-electron chi connectivity index (χ3n) is 7.05. The molecular weight excluding hydrogens is 462 g/mol. The molecule has 2 aromatic carbocycles. The van der Waals surface area contributed by atoms with E-state index in [1.807, 2.05) is 30.3 Å². The average Bonchev–Trinajstić information content (AvgIpc) is 3.41. The summed E-state index contributed by atoms with van der Waals surface area (Å²) < 4.78 is 30.3. The Morgan fingerprint density at radius 3 is 2.34 bits per heavy atom. The fourth-order valence-electron chi connectivity index (χ4n) is 5.28. The SMILES string of the molecule is Cc1nn(C[C@@H](O)CN2CCN(c3ccccc3)CC2)c(C)c1S(=O)(=O)N1CCc2ccccc21. The van der Waals surface area contributed by atoms with E-state index in [0.717, 1.165) is 37.4 Å². The average molecular weight is 496 g/mol. The van der Waals surface area contributed by atoms with Gasteiger partial charge in [-0.05, 0) is 44.0 Å². The highest BCUT2D eigenvalue weighted by molar-refractivity contribution is 7.93. The van der Waals surface area contributed by atoms with Gasteiger partial charge in [0.05, 0.1) is 29.7 Å². The Kier molecular flexibility index (Phi) is 6.57. The number of hydrogen-bond donors (Lipinski definition) is 1. The van der Waals surface area contributed by atoms with Gasteiger partial charge >= 0.3 is 0 Å². The van der Waals surface area contributed by atoms with Gasteiger partial charge in [0.2, 0.25) is 0 Å². The maximum absolute atomic E-state index is 13.6. The lowest BCUT2D eigenvalue weighted by atomic mass is 10.2. The van der Waals surface area contributed by atoms with E-state index in [1.54, 1.807) is 18.5 Å². The van der Waals surface area contributed by atoms with Crippen molar-refractivity contribution in [3.05, 3.63) is 71.5 Å². The van der Waals surface area contributed by atoms with Gasteiger partial charge in [-0.1, -0.05) is 36.4 Å². The van der Waals surface area contributed by atoms with Gasteiger partial charge < -0.3 is 10.0 Å². The third kappa shape index (κ3) is 4.68. The molecule has 0 radical (unpaired) electrons. The number of β-amino-alcohol motifs (C(OH)–C–C–N with tert-alkyl or cyclic N) is 1. The first-order valence-corrected chi connectivity index (χ1v) is 13.6. The summed E-state index contributed by atoms with van der Waals surface area (Å²) in [6.07, 6.45) is 0.0667. The van der Waals surface area contributed by atoms with E-state index < -0.39 is 16.1 Å². The normalized spacial score (nSPS) is 17.6. The first-order valence-electron chi connectivity index (χ1n) is 12.2. The van der Waals surface area contributed by atoms with Gasteiger partial charge in [-0.3, -0.25) is 13.9 Å². The molecule has 9 heteroatoms. The Bertz CT molecular complexity index is 1280. The molecule has 1 fully saturated rings. The number of aromatic nitrogens is 2. The molecule has 1 aromatic heterocycles. The molecule has 35 heavy (non-hydrogen) atoms. The van der Waals surface area contributed by atoms with Crippen LogP contribution in [0, 0.1) is 13.8 Å². The van der Waals surface area contributed by atoms with Crippen LogP contribution in [0.2, 0.25) is 0 Å². The van der Waals surface area contributed by atoms with E-state index in [0.29, 0.717) is 30.9 Å². The summed E-state index contributed by atoms with van der Waals surface area (Å²) in [5.41, 5.74) is 4.05. The second-order valence-corrected chi connectivity index (χ2v) is 11.2. The van der Waals surface area contributed by atoms with Crippen LogP contribution in [0.5, 0.6) is 0 Å². The fraction of sp³-hybridized carbons (Fsp3) is 0.423. The lowest BCUT2D eigenvalue weighted by molar-refractivity contribution is 0.0914. The summed E-state index contributed by atoms with van der Waals surface area (Å²) in [6, 6.07) is 18.0. The molecule has 8 nitrogen and oxygen atoms in total. The molecule has 0 saturated carbocycles. The number of nitrogens with zero attached hydrogens (tertiary/aromatic N) is 5. The molecule has 5 rings (SSSR count). The number of aliphatic hydroxyl groups is 1. The first-order chi connectivity index (χ1) is 16.8. The number of piperazine rings is 1. The van der Waals surface area contributed by atoms with Crippen molar-refractivity contribution >= 4 is 21.4 Å². The zero-order chi connectivity index (χ0) is 24.6. The third-order valence-corrected chi connectivity index (χ3v) is 9.12. The molecule has 0 spiro atoms. The highest BCUT2D eigenvalue weighted by Gasteiger charge is 2.35. The number of aliphatic hydroxyl groups excluding tert-OH is 1. The number of anilines is 2. The quantitative estimate of drug-likeness (QED) is 0.542. The number of para-hydroxylation sites is 2. The highest BCUT2D eigenvalue weighted by Crippen LogP contribution is 2.34. The summed E-state index contributed by atoms with van der Waals surface area (Å²) in [5.74, 6) is 0. The molecule has 2 aliphatic rings. The lowest BCUT2D eigenvalue weighted by Crippen LogP contribution is -2.49. The summed E-state index contributed by atoms with van der Waals surface area (Å²) in [7, 11) is -3.74. The van der Waals surface area contributed by atoms with Crippen molar-refractivity contribution in [1.29, 1.82) is 0 Å². The number of hydrogen-bond acceptors (Lipinski definition) is 6. The van der Waals surface area contributed by atoms with Crippen LogP contribution in [-0.4, -0.2) is 73.6 Å². The summed E-state index contributed by atoms with van der Waals surface area (Å²) >= 11 is 0. The maximum atomic E-state index is 13.6. The molecule has 0 amide bonds. The predicted octanol–water partition coefficient (Wildman–Crippen LogP) is 2.43. The molecule has 3 aromatic rings. The first kappa shape index (κ1) is 23.8. The zero-order valence-corrected chi connectivity index (χ0v) is 21.2. The molecule has 0 aliphatic carbocycles. The van der Waals surface area contributed by atoms with Crippen LogP contribution in [-0.2, 0) is 23.0 Å². The molecule has 0 unspecified atom stereocenters. The lowest BCUT2D eigenvalue weighted by Gasteiger charge is -2.36. The van der Waals surface area contributed by atoms with Crippen molar-refractivity contribution < 1.29 is 13.5 Å². The van der Waals surface area contributed by atoms with Crippen LogP contribution < -0.4 is 9.21 Å². The monoisotopic (exact) mass is 495 g/mol. The largest absolute Gasteiger partial charge is 0.390 e. The second-order valence-electron chi connectivity index (χ2n) is 9.41.